The molecule has 3 aromatic carbocycles. The van der Waals surface area contributed by atoms with Crippen LogP contribution in [0.15, 0.2) is 78.9 Å². The number of anilines is 1. The predicted octanol–water partition coefficient (Wildman–Crippen LogP) is 5.01. The van der Waals surface area contributed by atoms with Crippen molar-refractivity contribution in [3.63, 3.8) is 0 Å². The molecule has 1 aliphatic heterocycles. The van der Waals surface area contributed by atoms with Crippen molar-refractivity contribution in [2.24, 2.45) is 0 Å². The fourth-order valence-electron chi connectivity index (χ4n) is 3.44. The maximum absolute atomic E-state index is 12.8. The van der Waals surface area contributed by atoms with Crippen LogP contribution in [0.4, 0.5) is 5.69 Å². The number of ether oxygens (including phenoxy) is 2. The Morgan fingerprint density at radius 3 is 2.07 bits per heavy atom. The van der Waals surface area contributed by atoms with Crippen LogP contribution in [0.2, 0.25) is 0 Å². The van der Waals surface area contributed by atoms with Gasteiger partial charge >= 0.3 is 0 Å². The standard InChI is InChI=1S/C24H23NO3/c26-24(25-20-12-13-22-23(16-20)28-15-7-14-27-22)17-21(18-8-3-1-4-9-18)19-10-5-2-6-11-19/h1-6,8-13,16,21H,7,14-15,17H2,(H,25,26). The minimum absolute atomic E-state index is 0.00260. The molecular weight excluding hydrogens is 350 g/mol. The molecule has 4 rings (SSSR count). The lowest BCUT2D eigenvalue weighted by molar-refractivity contribution is -0.116. The van der Waals surface area contributed by atoms with Crippen LogP contribution in [0.1, 0.15) is 29.9 Å². The van der Waals surface area contributed by atoms with Gasteiger partial charge in [-0.25, -0.2) is 0 Å². The van der Waals surface area contributed by atoms with Crippen LogP contribution in [0, 0.1) is 0 Å². The summed E-state index contributed by atoms with van der Waals surface area (Å²) >= 11 is 0. The minimum Gasteiger partial charge on any atom is -0.490 e. The summed E-state index contributed by atoms with van der Waals surface area (Å²) in [5, 5.41) is 3.01. The van der Waals surface area contributed by atoms with E-state index in [1.165, 1.54) is 0 Å². The van der Waals surface area contributed by atoms with Crippen molar-refractivity contribution in [3.8, 4) is 11.5 Å². The molecule has 0 saturated heterocycles. The zero-order valence-corrected chi connectivity index (χ0v) is 15.6. The van der Waals surface area contributed by atoms with Crippen molar-refractivity contribution in [1.82, 2.24) is 0 Å². The van der Waals surface area contributed by atoms with Gasteiger partial charge in [0.2, 0.25) is 5.91 Å². The van der Waals surface area contributed by atoms with Gasteiger partial charge in [0.05, 0.1) is 13.2 Å². The van der Waals surface area contributed by atoms with Gasteiger partial charge in [-0.2, -0.15) is 0 Å². The molecule has 142 valence electrons. The molecular formula is C24H23NO3. The number of rotatable bonds is 5. The topological polar surface area (TPSA) is 47.6 Å². The maximum Gasteiger partial charge on any atom is 0.225 e. The molecule has 28 heavy (non-hydrogen) atoms. The molecule has 0 aliphatic carbocycles. The Bertz CT molecular complexity index is 886. The predicted molar refractivity (Wildman–Crippen MR) is 110 cm³/mol. The quantitative estimate of drug-likeness (QED) is 0.684. The van der Waals surface area contributed by atoms with Crippen molar-refractivity contribution in [2.45, 2.75) is 18.8 Å². The van der Waals surface area contributed by atoms with E-state index in [4.69, 9.17) is 9.47 Å². The Hall–Kier alpha value is -3.27. The molecule has 3 aromatic rings. The molecule has 4 nitrogen and oxygen atoms in total. The number of hydrogen-bond acceptors (Lipinski definition) is 3. The summed E-state index contributed by atoms with van der Waals surface area (Å²) < 4.78 is 11.4. The van der Waals surface area contributed by atoms with Crippen LogP contribution in [0.3, 0.4) is 0 Å². The van der Waals surface area contributed by atoms with Gasteiger partial charge in [-0.1, -0.05) is 60.7 Å². The molecule has 0 spiro atoms. The summed E-state index contributed by atoms with van der Waals surface area (Å²) in [5.41, 5.74) is 2.97. The number of benzene rings is 3. The average molecular weight is 373 g/mol. The molecule has 1 heterocycles. The van der Waals surface area contributed by atoms with Crippen molar-refractivity contribution < 1.29 is 14.3 Å². The van der Waals surface area contributed by atoms with Gasteiger partial charge in [0.15, 0.2) is 11.5 Å². The second kappa shape index (κ2) is 8.61. The fraction of sp³-hybridized carbons (Fsp3) is 0.208. The highest BCUT2D eigenvalue weighted by Gasteiger charge is 2.19. The first kappa shape index (κ1) is 18.1. The second-order valence-electron chi connectivity index (χ2n) is 6.84. The van der Waals surface area contributed by atoms with E-state index in [-0.39, 0.29) is 11.8 Å². The average Bonchev–Trinajstić information content (AvgIpc) is 2.98. The Labute approximate surface area is 165 Å². The third kappa shape index (κ3) is 4.34. The Kier molecular flexibility index (Phi) is 5.57. The molecule has 1 amide bonds. The lowest BCUT2D eigenvalue weighted by atomic mass is 9.88. The lowest BCUT2D eigenvalue weighted by Gasteiger charge is -2.18. The first-order chi connectivity index (χ1) is 13.8. The van der Waals surface area contributed by atoms with Crippen molar-refractivity contribution in [2.75, 3.05) is 18.5 Å². The van der Waals surface area contributed by atoms with Gasteiger partial charge in [-0.05, 0) is 23.3 Å². The smallest absolute Gasteiger partial charge is 0.225 e. The minimum atomic E-state index is -0.0350. The molecule has 0 radical (unpaired) electrons. The summed E-state index contributed by atoms with van der Waals surface area (Å²) in [6, 6.07) is 25.8. The first-order valence-electron chi connectivity index (χ1n) is 9.59. The van der Waals surface area contributed by atoms with Crippen LogP contribution in [0.25, 0.3) is 0 Å². The van der Waals surface area contributed by atoms with Gasteiger partial charge < -0.3 is 14.8 Å². The van der Waals surface area contributed by atoms with Gasteiger partial charge in [-0.15, -0.1) is 0 Å². The summed E-state index contributed by atoms with van der Waals surface area (Å²) in [7, 11) is 0. The third-order valence-electron chi connectivity index (χ3n) is 4.82. The number of fused-ring (bicyclic) bond motifs is 1. The fourth-order valence-corrected chi connectivity index (χ4v) is 3.44. The van der Waals surface area contributed by atoms with Gasteiger partial charge in [0.1, 0.15) is 0 Å². The summed E-state index contributed by atoms with van der Waals surface area (Å²) in [5.74, 6) is 1.37. The number of carbonyl (C=O) groups excluding carboxylic acids is 1. The maximum atomic E-state index is 12.8. The molecule has 0 unspecified atom stereocenters. The van der Waals surface area contributed by atoms with Crippen LogP contribution < -0.4 is 14.8 Å². The highest BCUT2D eigenvalue weighted by Crippen LogP contribution is 2.33. The molecule has 4 heteroatoms. The molecule has 0 saturated carbocycles. The molecule has 0 aromatic heterocycles. The zero-order chi connectivity index (χ0) is 19.2. The van der Waals surface area contributed by atoms with Crippen LogP contribution in [-0.4, -0.2) is 19.1 Å². The largest absolute Gasteiger partial charge is 0.490 e. The number of hydrogen-bond donors (Lipinski definition) is 1. The van der Waals surface area contributed by atoms with Crippen molar-refractivity contribution >= 4 is 11.6 Å². The summed E-state index contributed by atoms with van der Waals surface area (Å²) in [4.78, 5) is 12.8. The Morgan fingerprint density at radius 1 is 0.821 bits per heavy atom. The molecule has 1 aliphatic rings. The van der Waals surface area contributed by atoms with Gasteiger partial charge in [-0.3, -0.25) is 4.79 Å². The van der Waals surface area contributed by atoms with E-state index < -0.39 is 0 Å². The van der Waals surface area contributed by atoms with E-state index in [0.717, 1.165) is 23.3 Å². The molecule has 0 atom stereocenters. The Morgan fingerprint density at radius 2 is 1.43 bits per heavy atom. The van der Waals surface area contributed by atoms with E-state index >= 15 is 0 Å². The zero-order valence-electron chi connectivity index (χ0n) is 15.6. The van der Waals surface area contributed by atoms with Crippen molar-refractivity contribution in [3.05, 3.63) is 90.0 Å². The third-order valence-corrected chi connectivity index (χ3v) is 4.82. The highest BCUT2D eigenvalue weighted by atomic mass is 16.5. The van der Waals surface area contributed by atoms with Crippen LogP contribution in [-0.2, 0) is 4.79 Å². The summed E-state index contributed by atoms with van der Waals surface area (Å²) in [6.07, 6.45) is 1.22. The van der Waals surface area contributed by atoms with Crippen LogP contribution >= 0.6 is 0 Å². The number of nitrogens with one attached hydrogen (secondary N) is 1. The van der Waals surface area contributed by atoms with E-state index in [1.54, 1.807) is 0 Å². The van der Waals surface area contributed by atoms with Gasteiger partial charge in [0, 0.05) is 30.5 Å². The van der Waals surface area contributed by atoms with Crippen LogP contribution in [0.5, 0.6) is 11.5 Å². The number of amides is 1. The number of carbonyl (C=O) groups is 1. The normalized spacial score (nSPS) is 13.0. The van der Waals surface area contributed by atoms with E-state index in [9.17, 15) is 4.79 Å². The van der Waals surface area contributed by atoms with E-state index in [1.807, 2.05) is 54.6 Å². The van der Waals surface area contributed by atoms with Crippen molar-refractivity contribution in [1.29, 1.82) is 0 Å². The second-order valence-corrected chi connectivity index (χ2v) is 6.84. The molecule has 0 fully saturated rings. The Balaban J connectivity index is 1.51. The molecule has 0 bridgehead atoms. The first-order valence-corrected chi connectivity index (χ1v) is 9.59. The highest BCUT2D eigenvalue weighted by molar-refractivity contribution is 5.92. The SMILES string of the molecule is O=C(CC(c1ccccc1)c1ccccc1)Nc1ccc2c(c1)OCCCO2. The van der Waals surface area contributed by atoms with Gasteiger partial charge in [0.25, 0.3) is 0 Å². The van der Waals surface area contributed by atoms with E-state index in [2.05, 4.69) is 29.6 Å². The van der Waals surface area contributed by atoms with E-state index in [0.29, 0.717) is 31.1 Å². The lowest BCUT2D eigenvalue weighted by Crippen LogP contribution is -2.16. The monoisotopic (exact) mass is 373 g/mol. The molecule has 1 N–H and O–H groups in total. The summed E-state index contributed by atoms with van der Waals surface area (Å²) in [6.45, 7) is 1.27.